The van der Waals surface area contributed by atoms with Crippen LogP contribution in [0.5, 0.6) is 0 Å². The second kappa shape index (κ2) is 8.97. The monoisotopic (exact) mass is 415 g/mol. The average molecular weight is 416 g/mol. The number of halogens is 1. The molecule has 1 heterocycles. The molecule has 1 aromatic heterocycles. The van der Waals surface area contributed by atoms with Gasteiger partial charge in [0, 0.05) is 24.5 Å². The molecule has 1 N–H and O–H groups in total. The number of carbonyl (C=O) groups excluding carboxylic acids is 1. The first kappa shape index (κ1) is 19.9. The van der Waals surface area contributed by atoms with Gasteiger partial charge in [-0.25, -0.2) is 4.98 Å². The predicted octanol–water partition coefficient (Wildman–Crippen LogP) is 5.11. The Morgan fingerprint density at radius 1 is 0.867 bits per heavy atom. The van der Waals surface area contributed by atoms with Crippen molar-refractivity contribution in [3.63, 3.8) is 0 Å². The predicted molar refractivity (Wildman–Crippen MR) is 119 cm³/mol. The fourth-order valence-corrected chi connectivity index (χ4v) is 3.75. The van der Waals surface area contributed by atoms with Crippen LogP contribution in [0.3, 0.4) is 0 Å². The van der Waals surface area contributed by atoms with E-state index >= 15 is 0 Å². The Morgan fingerprint density at radius 2 is 1.43 bits per heavy atom. The van der Waals surface area contributed by atoms with Gasteiger partial charge in [-0.1, -0.05) is 84.4 Å². The van der Waals surface area contributed by atoms with Gasteiger partial charge in [0.25, 0.3) is 0 Å². The van der Waals surface area contributed by atoms with E-state index in [9.17, 15) is 4.79 Å². The van der Waals surface area contributed by atoms with Crippen LogP contribution in [0.25, 0.3) is 0 Å². The maximum absolute atomic E-state index is 13.6. The molecule has 0 fully saturated rings. The minimum Gasteiger partial charge on any atom is -0.341 e. The highest BCUT2D eigenvalue weighted by Gasteiger charge is 2.27. The molecular formula is C25H22ClN3O. The summed E-state index contributed by atoms with van der Waals surface area (Å²) < 4.78 is 1.92. The highest BCUT2D eigenvalue weighted by molar-refractivity contribution is 6.30. The van der Waals surface area contributed by atoms with Gasteiger partial charge in [-0.05, 0) is 28.8 Å². The van der Waals surface area contributed by atoms with Crippen LogP contribution in [-0.4, -0.2) is 15.5 Å². The fourth-order valence-electron chi connectivity index (χ4n) is 3.62. The Morgan fingerprint density at radius 3 is 1.93 bits per heavy atom. The maximum atomic E-state index is 13.6. The molecule has 0 aliphatic heterocycles. The highest BCUT2D eigenvalue weighted by atomic mass is 35.5. The molecule has 0 aliphatic rings. The number of aryl methyl sites for hydroxylation is 1. The maximum Gasteiger partial charge on any atom is 0.232 e. The number of imidazole rings is 1. The number of carbonyl (C=O) groups is 1. The lowest BCUT2D eigenvalue weighted by Crippen LogP contribution is -2.35. The molecule has 0 radical (unpaired) electrons. The number of hydrogen-bond donors (Lipinski definition) is 1. The van der Waals surface area contributed by atoms with E-state index in [1.807, 2.05) is 103 Å². The summed E-state index contributed by atoms with van der Waals surface area (Å²) in [5, 5.41) is 3.88. The normalized spacial score (nSPS) is 12.0. The number of rotatable bonds is 6. The molecule has 3 aromatic carbocycles. The summed E-state index contributed by atoms with van der Waals surface area (Å²) in [7, 11) is 1.92. The largest absolute Gasteiger partial charge is 0.341 e. The standard InChI is InChI=1S/C25H22ClN3O/c1-29-17-16-27-24(29)23(20-12-14-21(26)15-13-20)28-25(30)22(18-8-4-2-5-9-18)19-10-6-3-7-11-19/h2-17,22-23H,1H3,(H,28,30)/t23-/m1/s1. The van der Waals surface area contributed by atoms with E-state index in [2.05, 4.69) is 10.3 Å². The first-order valence-corrected chi connectivity index (χ1v) is 10.1. The Hall–Kier alpha value is -3.37. The number of nitrogens with one attached hydrogen (secondary N) is 1. The molecule has 30 heavy (non-hydrogen) atoms. The zero-order valence-corrected chi connectivity index (χ0v) is 17.3. The third-order valence-corrected chi connectivity index (χ3v) is 5.39. The van der Waals surface area contributed by atoms with E-state index in [4.69, 9.17) is 11.6 Å². The first-order chi connectivity index (χ1) is 14.6. The smallest absolute Gasteiger partial charge is 0.232 e. The molecule has 0 saturated carbocycles. The summed E-state index contributed by atoms with van der Waals surface area (Å²) >= 11 is 6.08. The van der Waals surface area contributed by atoms with E-state index < -0.39 is 12.0 Å². The number of amides is 1. The molecule has 150 valence electrons. The number of nitrogens with zero attached hydrogens (tertiary/aromatic N) is 2. The molecule has 4 rings (SSSR count). The number of benzene rings is 3. The zero-order chi connectivity index (χ0) is 20.9. The minimum atomic E-state index is -0.428. The number of hydrogen-bond acceptors (Lipinski definition) is 2. The fraction of sp³-hybridized carbons (Fsp3) is 0.120. The van der Waals surface area contributed by atoms with Crippen LogP contribution in [0, 0.1) is 0 Å². The van der Waals surface area contributed by atoms with Crippen molar-refractivity contribution in [3.05, 3.63) is 125 Å². The van der Waals surface area contributed by atoms with Crippen molar-refractivity contribution in [2.24, 2.45) is 7.05 Å². The van der Waals surface area contributed by atoms with Gasteiger partial charge in [0.1, 0.15) is 11.9 Å². The van der Waals surface area contributed by atoms with Crippen molar-refractivity contribution in [2.75, 3.05) is 0 Å². The third-order valence-electron chi connectivity index (χ3n) is 5.13. The molecule has 0 bridgehead atoms. The van der Waals surface area contributed by atoms with Crippen LogP contribution >= 0.6 is 11.6 Å². The summed E-state index contributed by atoms with van der Waals surface area (Å²) in [6.45, 7) is 0. The van der Waals surface area contributed by atoms with E-state index in [1.165, 1.54) is 0 Å². The Balaban J connectivity index is 1.73. The van der Waals surface area contributed by atoms with Crippen LogP contribution in [0.2, 0.25) is 5.02 Å². The highest BCUT2D eigenvalue weighted by Crippen LogP contribution is 2.28. The summed E-state index contributed by atoms with van der Waals surface area (Å²) in [5.41, 5.74) is 2.80. The quantitative estimate of drug-likeness (QED) is 0.475. The van der Waals surface area contributed by atoms with Gasteiger partial charge in [0.05, 0.1) is 5.92 Å². The van der Waals surface area contributed by atoms with Crippen LogP contribution < -0.4 is 5.32 Å². The second-order valence-electron chi connectivity index (χ2n) is 7.14. The molecule has 0 unspecified atom stereocenters. The van der Waals surface area contributed by atoms with Crippen molar-refractivity contribution in [2.45, 2.75) is 12.0 Å². The van der Waals surface area contributed by atoms with Gasteiger partial charge in [-0.15, -0.1) is 0 Å². The summed E-state index contributed by atoms with van der Waals surface area (Å²) in [5.74, 6) is 0.239. The van der Waals surface area contributed by atoms with Crippen molar-refractivity contribution in [3.8, 4) is 0 Å². The second-order valence-corrected chi connectivity index (χ2v) is 7.58. The third kappa shape index (κ3) is 4.29. The molecule has 0 spiro atoms. The lowest BCUT2D eigenvalue weighted by molar-refractivity contribution is -0.122. The first-order valence-electron chi connectivity index (χ1n) is 9.76. The molecule has 1 amide bonds. The van der Waals surface area contributed by atoms with Crippen LogP contribution in [0.15, 0.2) is 97.3 Å². The van der Waals surface area contributed by atoms with Gasteiger partial charge in [-0.2, -0.15) is 0 Å². The van der Waals surface area contributed by atoms with Crippen molar-refractivity contribution in [1.82, 2.24) is 14.9 Å². The molecule has 0 saturated heterocycles. The van der Waals surface area contributed by atoms with Gasteiger partial charge in [-0.3, -0.25) is 4.79 Å². The minimum absolute atomic E-state index is 0.0876. The number of aromatic nitrogens is 2. The Bertz CT molecular complexity index is 1070. The molecule has 0 aliphatic carbocycles. The van der Waals surface area contributed by atoms with Crippen LogP contribution in [-0.2, 0) is 11.8 Å². The van der Waals surface area contributed by atoms with Gasteiger partial charge in [0.15, 0.2) is 0 Å². The average Bonchev–Trinajstić information content (AvgIpc) is 3.20. The van der Waals surface area contributed by atoms with Gasteiger partial charge < -0.3 is 9.88 Å². The molecular weight excluding hydrogens is 394 g/mol. The van der Waals surface area contributed by atoms with Gasteiger partial charge in [0.2, 0.25) is 5.91 Å². The van der Waals surface area contributed by atoms with E-state index in [0.29, 0.717) is 5.02 Å². The SMILES string of the molecule is Cn1ccnc1[C@H](NC(=O)C(c1ccccc1)c1ccccc1)c1ccc(Cl)cc1. The van der Waals surface area contributed by atoms with Crippen molar-refractivity contribution >= 4 is 17.5 Å². The molecule has 1 atom stereocenters. The van der Waals surface area contributed by atoms with E-state index in [-0.39, 0.29) is 5.91 Å². The topological polar surface area (TPSA) is 46.9 Å². The van der Waals surface area contributed by atoms with E-state index in [0.717, 1.165) is 22.5 Å². The van der Waals surface area contributed by atoms with Crippen molar-refractivity contribution < 1.29 is 4.79 Å². The molecule has 4 nitrogen and oxygen atoms in total. The Labute approximate surface area is 181 Å². The Kier molecular flexibility index (Phi) is 5.96. The van der Waals surface area contributed by atoms with Crippen molar-refractivity contribution in [1.29, 1.82) is 0 Å². The molecule has 4 aromatic rings. The lowest BCUT2D eigenvalue weighted by Gasteiger charge is -2.24. The van der Waals surface area contributed by atoms with Crippen LogP contribution in [0.1, 0.15) is 34.5 Å². The summed E-state index contributed by atoms with van der Waals surface area (Å²) in [4.78, 5) is 18.1. The lowest BCUT2D eigenvalue weighted by atomic mass is 9.90. The van der Waals surface area contributed by atoms with Crippen LogP contribution in [0.4, 0.5) is 0 Å². The van der Waals surface area contributed by atoms with Gasteiger partial charge >= 0.3 is 0 Å². The summed E-state index contributed by atoms with van der Waals surface area (Å²) in [6.07, 6.45) is 3.60. The molecule has 5 heteroatoms. The van der Waals surface area contributed by atoms with E-state index in [1.54, 1.807) is 6.20 Å². The summed E-state index contributed by atoms with van der Waals surface area (Å²) in [6, 6.07) is 26.7. The zero-order valence-electron chi connectivity index (χ0n) is 16.6.